The van der Waals surface area contributed by atoms with E-state index < -0.39 is 9.84 Å². The van der Waals surface area contributed by atoms with Crippen molar-refractivity contribution >= 4 is 15.9 Å². The van der Waals surface area contributed by atoms with Crippen LogP contribution in [0.25, 0.3) is 6.08 Å². The molecule has 0 fully saturated rings. The lowest BCUT2D eigenvalue weighted by atomic mass is 10.2. The van der Waals surface area contributed by atoms with Crippen LogP contribution >= 0.6 is 0 Å². The van der Waals surface area contributed by atoms with Gasteiger partial charge in [0.15, 0.2) is 9.84 Å². The maximum atomic E-state index is 11.4. The molecule has 0 atom stereocenters. The molecular weight excluding hydrogens is 198 g/mol. The third-order valence-corrected chi connectivity index (χ3v) is 3.50. The van der Waals surface area contributed by atoms with E-state index in [4.69, 9.17) is 0 Å². The Morgan fingerprint density at radius 1 is 1.43 bits per heavy atom. The molecule has 4 heteroatoms. The van der Waals surface area contributed by atoms with Crippen LogP contribution in [0.3, 0.4) is 0 Å². The monoisotopic (exact) mass is 209 g/mol. The Balaban J connectivity index is 2.68. The third kappa shape index (κ3) is 1.46. The van der Waals surface area contributed by atoms with Gasteiger partial charge in [0.1, 0.15) is 0 Å². The molecule has 0 saturated carbocycles. The first kappa shape index (κ1) is 9.40. The van der Waals surface area contributed by atoms with Gasteiger partial charge in [-0.3, -0.25) is 4.98 Å². The maximum absolute atomic E-state index is 11.4. The summed E-state index contributed by atoms with van der Waals surface area (Å²) in [5, 5.41) is 0. The molecule has 1 aliphatic carbocycles. The van der Waals surface area contributed by atoms with E-state index in [0.29, 0.717) is 10.6 Å². The zero-order chi connectivity index (χ0) is 10.3. The second-order valence-electron chi connectivity index (χ2n) is 3.49. The number of allylic oxidation sites excluding steroid dienone is 1. The first-order chi connectivity index (χ1) is 6.48. The Morgan fingerprint density at radius 3 is 2.79 bits per heavy atom. The molecule has 74 valence electrons. The fraction of sp³-hybridized carbons (Fsp3) is 0.300. The molecule has 0 unspecified atom stereocenters. The van der Waals surface area contributed by atoms with Gasteiger partial charge in [-0.15, -0.1) is 0 Å². The second-order valence-corrected chi connectivity index (χ2v) is 5.48. The minimum Gasteiger partial charge on any atom is -0.252 e. The van der Waals surface area contributed by atoms with Crippen molar-refractivity contribution in [2.24, 2.45) is 0 Å². The summed E-state index contributed by atoms with van der Waals surface area (Å²) in [5.74, 6) is 0. The number of aryl methyl sites for hydroxylation is 1. The van der Waals surface area contributed by atoms with Gasteiger partial charge in [-0.25, -0.2) is 8.42 Å². The molecule has 0 bridgehead atoms. The minimum atomic E-state index is -3.15. The summed E-state index contributed by atoms with van der Waals surface area (Å²) >= 11 is 0. The molecule has 14 heavy (non-hydrogen) atoms. The normalized spacial score (nSPS) is 14.4. The van der Waals surface area contributed by atoms with E-state index in [1.807, 2.05) is 12.2 Å². The molecule has 0 N–H and O–H groups in total. The molecule has 0 saturated heterocycles. The summed E-state index contributed by atoms with van der Waals surface area (Å²) in [4.78, 5) is 4.60. The largest absolute Gasteiger partial charge is 0.252 e. The predicted octanol–water partition coefficient (Wildman–Crippen LogP) is 1.36. The molecule has 2 rings (SSSR count). The van der Waals surface area contributed by atoms with Crippen molar-refractivity contribution < 1.29 is 8.42 Å². The summed E-state index contributed by atoms with van der Waals surface area (Å²) < 4.78 is 22.8. The van der Waals surface area contributed by atoms with Gasteiger partial charge in [-0.2, -0.15) is 0 Å². The van der Waals surface area contributed by atoms with Crippen LogP contribution in [0.4, 0.5) is 0 Å². The SMILES string of the molecule is Cc1nc2c(cc1S(C)(=O)=O)CC=C2. The average molecular weight is 209 g/mol. The van der Waals surface area contributed by atoms with Crippen LogP contribution in [0.5, 0.6) is 0 Å². The topological polar surface area (TPSA) is 47.0 Å². The summed E-state index contributed by atoms with van der Waals surface area (Å²) in [6.45, 7) is 1.73. The van der Waals surface area contributed by atoms with Crippen molar-refractivity contribution in [3.63, 3.8) is 0 Å². The summed E-state index contributed by atoms with van der Waals surface area (Å²) in [7, 11) is -3.15. The summed E-state index contributed by atoms with van der Waals surface area (Å²) in [5.41, 5.74) is 2.48. The van der Waals surface area contributed by atoms with E-state index in [2.05, 4.69) is 4.98 Å². The number of nitrogens with zero attached hydrogens (tertiary/aromatic N) is 1. The second kappa shape index (κ2) is 2.92. The molecule has 0 radical (unpaired) electrons. The molecule has 3 nitrogen and oxygen atoms in total. The number of hydrogen-bond acceptors (Lipinski definition) is 3. The lowest BCUT2D eigenvalue weighted by Crippen LogP contribution is -2.04. The van der Waals surface area contributed by atoms with Crippen LogP contribution in [0.2, 0.25) is 0 Å². The zero-order valence-electron chi connectivity index (χ0n) is 8.11. The fourth-order valence-electron chi connectivity index (χ4n) is 1.62. The van der Waals surface area contributed by atoms with Crippen molar-refractivity contribution in [2.75, 3.05) is 6.26 Å². The van der Waals surface area contributed by atoms with Gasteiger partial charge >= 0.3 is 0 Å². The smallest absolute Gasteiger partial charge is 0.177 e. The number of sulfone groups is 1. The minimum absolute atomic E-state index is 0.347. The van der Waals surface area contributed by atoms with Crippen molar-refractivity contribution in [1.29, 1.82) is 0 Å². The van der Waals surface area contributed by atoms with Crippen LogP contribution in [0.15, 0.2) is 17.0 Å². The molecule has 1 aromatic rings. The van der Waals surface area contributed by atoms with E-state index in [9.17, 15) is 8.42 Å². The first-order valence-corrected chi connectivity index (χ1v) is 6.25. The van der Waals surface area contributed by atoms with E-state index in [-0.39, 0.29) is 0 Å². The van der Waals surface area contributed by atoms with Gasteiger partial charge in [0.25, 0.3) is 0 Å². The van der Waals surface area contributed by atoms with Gasteiger partial charge in [0.2, 0.25) is 0 Å². The highest BCUT2D eigenvalue weighted by Crippen LogP contribution is 2.23. The number of aromatic nitrogens is 1. The molecule has 0 spiro atoms. The first-order valence-electron chi connectivity index (χ1n) is 4.35. The fourth-order valence-corrected chi connectivity index (χ4v) is 2.56. The Labute approximate surface area is 83.4 Å². The van der Waals surface area contributed by atoms with E-state index >= 15 is 0 Å². The van der Waals surface area contributed by atoms with Crippen LogP contribution in [-0.2, 0) is 16.3 Å². The van der Waals surface area contributed by atoms with Crippen molar-refractivity contribution in [3.05, 3.63) is 29.1 Å². The summed E-state index contributed by atoms with van der Waals surface area (Å²) in [6.07, 6.45) is 5.91. The predicted molar refractivity (Wildman–Crippen MR) is 54.8 cm³/mol. The summed E-state index contributed by atoms with van der Waals surface area (Å²) in [6, 6.07) is 1.73. The Bertz CT molecular complexity index is 515. The lowest BCUT2D eigenvalue weighted by molar-refractivity contribution is 0.600. The Morgan fingerprint density at radius 2 is 2.14 bits per heavy atom. The average Bonchev–Trinajstić information content (AvgIpc) is 2.47. The van der Waals surface area contributed by atoms with Gasteiger partial charge < -0.3 is 0 Å². The van der Waals surface area contributed by atoms with Gasteiger partial charge in [-0.1, -0.05) is 6.08 Å². The Kier molecular flexibility index (Phi) is 1.96. The standard InChI is InChI=1S/C10H11NO2S/c1-7-10(14(2,12)13)6-8-4-3-5-9(8)11-7/h3,5-6H,4H2,1-2H3. The number of pyridine rings is 1. The van der Waals surface area contributed by atoms with Gasteiger partial charge in [0, 0.05) is 6.26 Å². The highest BCUT2D eigenvalue weighted by molar-refractivity contribution is 7.90. The van der Waals surface area contributed by atoms with E-state index in [1.165, 1.54) is 6.26 Å². The van der Waals surface area contributed by atoms with E-state index in [1.54, 1.807) is 13.0 Å². The maximum Gasteiger partial charge on any atom is 0.177 e. The lowest BCUT2D eigenvalue weighted by Gasteiger charge is -2.05. The molecule has 1 aromatic heterocycles. The van der Waals surface area contributed by atoms with Crippen LogP contribution in [-0.4, -0.2) is 19.7 Å². The quantitative estimate of drug-likeness (QED) is 0.701. The van der Waals surface area contributed by atoms with Crippen LogP contribution < -0.4 is 0 Å². The third-order valence-electron chi connectivity index (χ3n) is 2.29. The van der Waals surface area contributed by atoms with Gasteiger partial charge in [0.05, 0.1) is 16.3 Å². The molecule has 1 aliphatic rings. The molecule has 0 aromatic carbocycles. The van der Waals surface area contributed by atoms with E-state index in [0.717, 1.165) is 17.7 Å². The highest BCUT2D eigenvalue weighted by Gasteiger charge is 2.16. The van der Waals surface area contributed by atoms with Crippen molar-refractivity contribution in [2.45, 2.75) is 18.2 Å². The highest BCUT2D eigenvalue weighted by atomic mass is 32.2. The van der Waals surface area contributed by atoms with Crippen LogP contribution in [0.1, 0.15) is 17.0 Å². The molecule has 0 amide bonds. The Hall–Kier alpha value is -1.16. The number of hydrogen-bond donors (Lipinski definition) is 0. The number of rotatable bonds is 1. The molecule has 1 heterocycles. The van der Waals surface area contributed by atoms with Crippen LogP contribution in [0, 0.1) is 6.92 Å². The molecular formula is C10H11NO2S. The van der Waals surface area contributed by atoms with Gasteiger partial charge in [-0.05, 0) is 31.1 Å². The number of fused-ring (bicyclic) bond motifs is 1. The van der Waals surface area contributed by atoms with Crippen molar-refractivity contribution in [1.82, 2.24) is 4.98 Å². The molecule has 0 aliphatic heterocycles. The zero-order valence-corrected chi connectivity index (χ0v) is 8.93. The van der Waals surface area contributed by atoms with Crippen molar-refractivity contribution in [3.8, 4) is 0 Å².